The van der Waals surface area contributed by atoms with Crippen LogP contribution in [-0.2, 0) is 10.3 Å². The Labute approximate surface area is 211 Å². The van der Waals surface area contributed by atoms with E-state index < -0.39 is 22.3 Å². The van der Waals surface area contributed by atoms with Gasteiger partial charge in [0.2, 0.25) is 11.8 Å². The van der Waals surface area contributed by atoms with Crippen molar-refractivity contribution in [1.82, 2.24) is 14.9 Å². The highest BCUT2D eigenvalue weighted by atomic mass is 32.2. The van der Waals surface area contributed by atoms with E-state index in [4.69, 9.17) is 20.7 Å². The topological polar surface area (TPSA) is 117 Å². The van der Waals surface area contributed by atoms with Gasteiger partial charge < -0.3 is 15.4 Å². The molecule has 0 spiro atoms. The molecule has 2 fully saturated rings. The second-order valence-electron chi connectivity index (χ2n) is 9.34. The lowest BCUT2D eigenvalue weighted by Crippen LogP contribution is -2.45. The number of likely N-dealkylation sites (tertiary alicyclic amines) is 1. The summed E-state index contributed by atoms with van der Waals surface area (Å²) >= 11 is 1.23. The first kappa shape index (κ1) is 24.2. The van der Waals surface area contributed by atoms with E-state index in [-0.39, 0.29) is 29.2 Å². The minimum Gasteiger partial charge on any atom is -0.481 e. The van der Waals surface area contributed by atoms with E-state index >= 15 is 0 Å². The number of alkyl halides is 1. The number of carbonyl (C=O) groups is 1. The highest BCUT2D eigenvalue weighted by Gasteiger charge is 2.71. The van der Waals surface area contributed by atoms with Gasteiger partial charge in [-0.25, -0.2) is 13.8 Å². The number of aromatic nitrogens is 2. The maximum atomic E-state index is 15.0. The first-order valence-corrected chi connectivity index (χ1v) is 12.3. The van der Waals surface area contributed by atoms with Crippen molar-refractivity contribution in [1.29, 1.82) is 5.26 Å². The number of hydrogen-bond donors (Lipinski definition) is 1. The van der Waals surface area contributed by atoms with E-state index in [1.807, 2.05) is 13.0 Å². The summed E-state index contributed by atoms with van der Waals surface area (Å²) in [5.41, 5.74) is 6.71. The van der Waals surface area contributed by atoms with Crippen LogP contribution in [0.4, 0.5) is 8.78 Å². The zero-order valence-electron chi connectivity index (χ0n) is 19.7. The number of aliphatic imine (C=N–C) groups is 1. The van der Waals surface area contributed by atoms with Gasteiger partial charge in [0.15, 0.2) is 5.17 Å². The molecule has 2 aromatic heterocycles. The predicted molar refractivity (Wildman–Crippen MR) is 132 cm³/mol. The molecule has 2 aliphatic heterocycles. The lowest BCUT2D eigenvalue weighted by molar-refractivity contribution is -0.131. The van der Waals surface area contributed by atoms with E-state index in [1.165, 1.54) is 49.5 Å². The molecule has 1 saturated carbocycles. The number of carbonyl (C=O) groups excluding carboxylic acids is 1. The van der Waals surface area contributed by atoms with Crippen LogP contribution >= 0.6 is 11.8 Å². The second-order valence-corrected chi connectivity index (χ2v) is 10.7. The first-order chi connectivity index (χ1) is 17.2. The number of hydrogen-bond acceptors (Lipinski definition) is 8. The number of ether oxygens (including phenoxy) is 1. The minimum atomic E-state index is -1.01. The van der Waals surface area contributed by atoms with E-state index in [0.717, 1.165) is 0 Å². The Morgan fingerprint density at radius 1 is 1.39 bits per heavy atom. The van der Waals surface area contributed by atoms with E-state index in [0.29, 0.717) is 42.0 Å². The van der Waals surface area contributed by atoms with Crippen LogP contribution < -0.4 is 10.5 Å². The fraction of sp³-hybridized carbons (Fsp3) is 0.400. The number of thioether (sulfide) groups is 1. The first-order valence-electron chi connectivity index (χ1n) is 11.5. The van der Waals surface area contributed by atoms with Gasteiger partial charge in [-0.2, -0.15) is 5.26 Å². The van der Waals surface area contributed by atoms with Crippen molar-refractivity contribution in [3.63, 3.8) is 0 Å². The van der Waals surface area contributed by atoms with Gasteiger partial charge in [-0.05, 0) is 49.6 Å². The highest BCUT2D eigenvalue weighted by molar-refractivity contribution is 8.15. The molecule has 0 unspecified atom stereocenters. The number of nitrogens with zero attached hydrogens (tertiary/aromatic N) is 5. The molecule has 8 nitrogen and oxygen atoms in total. The molecule has 3 aliphatic rings. The Hall–Kier alpha value is -3.52. The van der Waals surface area contributed by atoms with Crippen LogP contribution in [0.2, 0.25) is 0 Å². The van der Waals surface area contributed by atoms with Crippen molar-refractivity contribution >= 4 is 34.7 Å². The summed E-state index contributed by atoms with van der Waals surface area (Å²) in [5.74, 6) is -0.639. The number of methoxy groups -OCH3 is 1. The van der Waals surface area contributed by atoms with Crippen LogP contribution in [0.3, 0.4) is 0 Å². The lowest BCUT2D eigenvalue weighted by atomic mass is 9.85. The Bertz CT molecular complexity index is 1330. The van der Waals surface area contributed by atoms with Crippen molar-refractivity contribution in [3.05, 3.63) is 53.0 Å². The van der Waals surface area contributed by atoms with Crippen molar-refractivity contribution in [3.8, 4) is 11.9 Å². The molecule has 5 rings (SSSR count). The Balaban J connectivity index is 1.50. The predicted octanol–water partition coefficient (Wildman–Crippen LogP) is 3.43. The van der Waals surface area contributed by atoms with Gasteiger partial charge in [0.05, 0.1) is 30.5 Å². The largest absolute Gasteiger partial charge is 0.481 e. The smallest absolute Gasteiger partial charge is 0.239 e. The Kier molecular flexibility index (Phi) is 5.95. The van der Waals surface area contributed by atoms with Gasteiger partial charge in [-0.15, -0.1) is 0 Å². The van der Waals surface area contributed by atoms with Crippen LogP contribution in [-0.4, -0.2) is 57.1 Å². The number of fused-ring (bicyclic) bond motifs is 1. The van der Waals surface area contributed by atoms with Gasteiger partial charge in [-0.3, -0.25) is 14.8 Å². The number of nitrogens with two attached hydrogens (primary N) is 1. The van der Waals surface area contributed by atoms with Crippen LogP contribution in [0.1, 0.15) is 42.1 Å². The second kappa shape index (κ2) is 8.85. The van der Waals surface area contributed by atoms with Crippen molar-refractivity contribution in [2.75, 3.05) is 20.2 Å². The molecular weight excluding hydrogens is 486 g/mol. The monoisotopic (exact) mass is 510 g/mol. The van der Waals surface area contributed by atoms with E-state index in [2.05, 4.69) is 9.97 Å². The van der Waals surface area contributed by atoms with Crippen molar-refractivity contribution in [2.24, 2.45) is 16.6 Å². The number of halogens is 2. The molecule has 0 radical (unpaired) electrons. The summed E-state index contributed by atoms with van der Waals surface area (Å²) in [5, 5.41) is 9.18. The average molecular weight is 511 g/mol. The maximum absolute atomic E-state index is 15.0. The normalized spacial score (nSPS) is 29.2. The van der Waals surface area contributed by atoms with Crippen LogP contribution in [0, 0.1) is 17.2 Å². The highest BCUT2D eigenvalue weighted by Crippen LogP contribution is 2.67. The van der Waals surface area contributed by atoms with Gasteiger partial charge in [0.25, 0.3) is 0 Å². The summed E-state index contributed by atoms with van der Waals surface area (Å²) in [6.45, 7) is 2.35. The van der Waals surface area contributed by atoms with Gasteiger partial charge >= 0.3 is 0 Å². The van der Waals surface area contributed by atoms with Gasteiger partial charge in [0, 0.05) is 30.4 Å². The summed E-state index contributed by atoms with van der Waals surface area (Å²) in [6, 6.07) is 6.59. The molecule has 1 saturated heterocycles. The fourth-order valence-electron chi connectivity index (χ4n) is 5.12. The number of amides is 1. The van der Waals surface area contributed by atoms with Crippen LogP contribution in [0.25, 0.3) is 11.9 Å². The zero-order valence-corrected chi connectivity index (χ0v) is 20.6. The van der Waals surface area contributed by atoms with Crippen molar-refractivity contribution in [2.45, 2.75) is 36.2 Å². The van der Waals surface area contributed by atoms with E-state index in [9.17, 15) is 13.6 Å². The molecule has 1 amide bonds. The molecule has 2 aromatic rings. The third-order valence-electron chi connectivity index (χ3n) is 7.04. The molecule has 11 heteroatoms. The zero-order chi connectivity index (χ0) is 25.7. The number of rotatable bonds is 5. The molecule has 36 heavy (non-hydrogen) atoms. The van der Waals surface area contributed by atoms with Crippen LogP contribution in [0.5, 0.6) is 5.88 Å². The molecule has 4 heterocycles. The summed E-state index contributed by atoms with van der Waals surface area (Å²) in [6.07, 6.45) is 3.91. The Morgan fingerprint density at radius 3 is 2.83 bits per heavy atom. The van der Waals surface area contributed by atoms with Crippen molar-refractivity contribution < 1.29 is 18.3 Å². The fourth-order valence-corrected chi connectivity index (χ4v) is 6.56. The quantitative estimate of drug-likeness (QED) is 0.655. The SMILES string of the molecule is COc1ncc(/C=C(\F)c2ccc(C#N)cn2)cc1[C@@]1(C)N=C(N)S[C@@]2(C(=O)N3CC[C@@H](F)C3)C[C@H]21. The standard InChI is InChI=1S/C25H24F2N6O2S/c1-24(20-9-25(20,36-23(29)32-24)22(34)33-6-5-16(26)13-33)17-7-15(12-31-21(17)35-2)8-18(27)19-4-3-14(10-28)11-30-19/h3-4,7-8,11-12,16,20H,5-6,9,13H2,1-2H3,(H2,29,32)/b18-8-/t16-,20+,24-,25+/m1/s1. The number of amidine groups is 1. The minimum absolute atomic E-state index is 0.0810. The maximum Gasteiger partial charge on any atom is 0.239 e. The summed E-state index contributed by atoms with van der Waals surface area (Å²) in [4.78, 5) is 28.1. The molecule has 186 valence electrons. The molecule has 2 N–H and O–H groups in total. The van der Waals surface area contributed by atoms with Gasteiger partial charge in [-0.1, -0.05) is 11.8 Å². The van der Waals surface area contributed by atoms with Crippen LogP contribution in [0.15, 0.2) is 35.6 Å². The number of pyridine rings is 2. The average Bonchev–Trinajstić information content (AvgIpc) is 3.48. The summed E-state index contributed by atoms with van der Waals surface area (Å²) < 4.78 is 33.5. The van der Waals surface area contributed by atoms with Gasteiger partial charge in [0.1, 0.15) is 22.8 Å². The molecular formula is C25H24F2N6O2S. The number of nitriles is 1. The molecule has 4 atom stereocenters. The summed E-state index contributed by atoms with van der Waals surface area (Å²) in [7, 11) is 1.48. The third kappa shape index (κ3) is 3.99. The Morgan fingerprint density at radius 2 is 2.19 bits per heavy atom. The lowest BCUT2D eigenvalue weighted by Gasteiger charge is -2.35. The molecule has 1 aliphatic carbocycles. The van der Waals surface area contributed by atoms with E-state index in [1.54, 1.807) is 11.0 Å². The third-order valence-corrected chi connectivity index (χ3v) is 8.33. The molecule has 0 bridgehead atoms. The molecule has 0 aromatic carbocycles.